The van der Waals surface area contributed by atoms with Crippen molar-refractivity contribution in [3.05, 3.63) is 53.6 Å². The molecule has 0 aliphatic carbocycles. The van der Waals surface area contributed by atoms with Crippen molar-refractivity contribution in [2.45, 2.75) is 13.0 Å². The fraction of sp³-hybridized carbons (Fsp3) is 0.278. The normalized spacial score (nSPS) is 10.2. The van der Waals surface area contributed by atoms with Gasteiger partial charge in [0.1, 0.15) is 5.75 Å². The Balaban J connectivity index is 1.98. The Morgan fingerprint density at radius 2 is 1.65 bits per heavy atom. The van der Waals surface area contributed by atoms with Crippen LogP contribution >= 0.6 is 0 Å². The van der Waals surface area contributed by atoms with Crippen molar-refractivity contribution in [3.63, 3.8) is 0 Å². The number of aromatic hydroxyl groups is 1. The molecule has 1 N–H and O–H groups in total. The molecule has 2 aromatic carbocycles. The second-order valence-corrected chi connectivity index (χ2v) is 5.18. The molecule has 2 aromatic rings. The van der Waals surface area contributed by atoms with E-state index in [0.29, 0.717) is 24.6 Å². The summed E-state index contributed by atoms with van der Waals surface area (Å²) >= 11 is 0. The summed E-state index contributed by atoms with van der Waals surface area (Å²) in [6.45, 7) is 1.10. The van der Waals surface area contributed by atoms with Crippen LogP contribution in [-0.2, 0) is 17.8 Å². The van der Waals surface area contributed by atoms with E-state index in [2.05, 4.69) is 0 Å². The molecule has 0 aromatic heterocycles. The first-order valence-corrected chi connectivity index (χ1v) is 7.34. The SMILES string of the molecule is COc1ccc(CN(C=O)CCc2ccc(O)cc2)cc1OC. The van der Waals surface area contributed by atoms with Gasteiger partial charge in [0.25, 0.3) is 0 Å². The lowest BCUT2D eigenvalue weighted by Crippen LogP contribution is -2.24. The van der Waals surface area contributed by atoms with Crippen LogP contribution in [0, 0.1) is 0 Å². The third-order valence-electron chi connectivity index (χ3n) is 3.61. The molecule has 0 saturated carbocycles. The summed E-state index contributed by atoms with van der Waals surface area (Å²) in [5, 5.41) is 9.28. The van der Waals surface area contributed by atoms with Crippen molar-refractivity contribution < 1.29 is 19.4 Å². The Kier molecular flexibility index (Phi) is 5.86. The van der Waals surface area contributed by atoms with Gasteiger partial charge in [-0.05, 0) is 41.8 Å². The maximum Gasteiger partial charge on any atom is 0.210 e. The zero-order chi connectivity index (χ0) is 16.7. The van der Waals surface area contributed by atoms with Crippen LogP contribution in [0.4, 0.5) is 0 Å². The molecule has 122 valence electrons. The topological polar surface area (TPSA) is 59.0 Å². The number of methoxy groups -OCH3 is 2. The second-order valence-electron chi connectivity index (χ2n) is 5.18. The number of ether oxygens (including phenoxy) is 2. The predicted molar refractivity (Wildman–Crippen MR) is 87.8 cm³/mol. The Hall–Kier alpha value is -2.69. The molecule has 23 heavy (non-hydrogen) atoms. The first-order chi connectivity index (χ1) is 11.2. The summed E-state index contributed by atoms with van der Waals surface area (Å²) in [6.07, 6.45) is 1.57. The maximum absolute atomic E-state index is 11.3. The third-order valence-corrected chi connectivity index (χ3v) is 3.61. The minimum absolute atomic E-state index is 0.242. The van der Waals surface area contributed by atoms with Crippen molar-refractivity contribution in [1.82, 2.24) is 4.90 Å². The molecule has 0 saturated heterocycles. The highest BCUT2D eigenvalue weighted by atomic mass is 16.5. The minimum Gasteiger partial charge on any atom is -0.508 e. The van der Waals surface area contributed by atoms with Crippen LogP contribution in [0.5, 0.6) is 17.2 Å². The van der Waals surface area contributed by atoms with Crippen molar-refractivity contribution >= 4 is 6.41 Å². The zero-order valence-electron chi connectivity index (χ0n) is 13.4. The van der Waals surface area contributed by atoms with E-state index in [1.54, 1.807) is 31.3 Å². The van der Waals surface area contributed by atoms with E-state index in [4.69, 9.17) is 9.47 Å². The van der Waals surface area contributed by atoms with Crippen LogP contribution in [0.25, 0.3) is 0 Å². The van der Waals surface area contributed by atoms with Crippen LogP contribution in [0.1, 0.15) is 11.1 Å². The summed E-state index contributed by atoms with van der Waals surface area (Å²) in [4.78, 5) is 13.0. The van der Waals surface area contributed by atoms with Gasteiger partial charge < -0.3 is 19.5 Å². The van der Waals surface area contributed by atoms with E-state index >= 15 is 0 Å². The van der Waals surface area contributed by atoms with Gasteiger partial charge in [-0.1, -0.05) is 18.2 Å². The van der Waals surface area contributed by atoms with E-state index in [1.807, 2.05) is 30.3 Å². The standard InChI is InChI=1S/C18H21NO4/c1-22-17-8-5-15(11-18(17)23-2)12-19(13-20)10-9-14-3-6-16(21)7-4-14/h3-8,11,13,21H,9-10,12H2,1-2H3. The molecule has 0 atom stereocenters. The molecular formula is C18H21NO4. The molecule has 0 aliphatic heterocycles. The summed E-state index contributed by atoms with van der Waals surface area (Å²) in [6, 6.07) is 12.6. The largest absolute Gasteiger partial charge is 0.508 e. The molecular weight excluding hydrogens is 294 g/mol. The molecule has 5 nitrogen and oxygen atoms in total. The quantitative estimate of drug-likeness (QED) is 0.761. The van der Waals surface area contributed by atoms with Crippen molar-refractivity contribution in [3.8, 4) is 17.2 Å². The lowest BCUT2D eigenvalue weighted by molar-refractivity contribution is -0.118. The lowest BCUT2D eigenvalue weighted by Gasteiger charge is -2.18. The van der Waals surface area contributed by atoms with Gasteiger partial charge in [-0.2, -0.15) is 0 Å². The molecule has 5 heteroatoms. The number of carbonyl (C=O) groups excluding carboxylic acids is 1. The average Bonchev–Trinajstić information content (AvgIpc) is 2.59. The summed E-state index contributed by atoms with van der Waals surface area (Å²) in [5.41, 5.74) is 2.04. The van der Waals surface area contributed by atoms with Gasteiger partial charge in [-0.15, -0.1) is 0 Å². The molecule has 0 spiro atoms. The molecule has 1 amide bonds. The van der Waals surface area contributed by atoms with Crippen molar-refractivity contribution in [1.29, 1.82) is 0 Å². The predicted octanol–water partition coefficient (Wildman–Crippen LogP) is 2.61. The van der Waals surface area contributed by atoms with Gasteiger partial charge >= 0.3 is 0 Å². The van der Waals surface area contributed by atoms with Crippen LogP contribution in [-0.4, -0.2) is 37.2 Å². The fourth-order valence-corrected chi connectivity index (χ4v) is 2.32. The Bertz CT molecular complexity index is 640. The van der Waals surface area contributed by atoms with Gasteiger partial charge in [0.05, 0.1) is 14.2 Å². The fourth-order valence-electron chi connectivity index (χ4n) is 2.32. The molecule has 0 unspecified atom stereocenters. The average molecular weight is 315 g/mol. The highest BCUT2D eigenvalue weighted by Gasteiger charge is 2.08. The summed E-state index contributed by atoms with van der Waals surface area (Å²) < 4.78 is 10.5. The summed E-state index contributed by atoms with van der Waals surface area (Å²) in [7, 11) is 3.18. The van der Waals surface area contributed by atoms with Gasteiger partial charge in [-0.25, -0.2) is 0 Å². The molecule has 0 radical (unpaired) electrons. The Morgan fingerprint density at radius 1 is 1.00 bits per heavy atom. The molecule has 0 aliphatic rings. The maximum atomic E-state index is 11.3. The second kappa shape index (κ2) is 8.08. The van der Waals surface area contributed by atoms with Gasteiger partial charge in [0.2, 0.25) is 6.41 Å². The molecule has 0 heterocycles. The third kappa shape index (κ3) is 4.64. The van der Waals surface area contributed by atoms with Crippen molar-refractivity contribution in [2.75, 3.05) is 20.8 Å². The van der Waals surface area contributed by atoms with E-state index in [-0.39, 0.29) is 5.75 Å². The number of hydrogen-bond donors (Lipinski definition) is 1. The Morgan fingerprint density at radius 3 is 2.26 bits per heavy atom. The van der Waals surface area contributed by atoms with Crippen LogP contribution < -0.4 is 9.47 Å². The van der Waals surface area contributed by atoms with Gasteiger partial charge in [0.15, 0.2) is 11.5 Å². The number of phenolic OH excluding ortho intramolecular Hbond substituents is 1. The van der Waals surface area contributed by atoms with Crippen LogP contribution in [0.15, 0.2) is 42.5 Å². The minimum atomic E-state index is 0.242. The van der Waals surface area contributed by atoms with E-state index in [0.717, 1.165) is 24.0 Å². The van der Waals surface area contributed by atoms with Gasteiger partial charge in [0, 0.05) is 13.1 Å². The smallest absolute Gasteiger partial charge is 0.210 e. The zero-order valence-corrected chi connectivity index (χ0v) is 13.4. The molecule has 0 bridgehead atoms. The Labute approximate surface area is 136 Å². The number of nitrogens with zero attached hydrogens (tertiary/aromatic N) is 1. The van der Waals surface area contributed by atoms with E-state index in [1.165, 1.54) is 0 Å². The highest BCUT2D eigenvalue weighted by molar-refractivity contribution is 5.49. The number of phenols is 1. The van der Waals surface area contributed by atoms with Crippen LogP contribution in [0.2, 0.25) is 0 Å². The monoisotopic (exact) mass is 315 g/mol. The summed E-state index contributed by atoms with van der Waals surface area (Å²) in [5.74, 6) is 1.55. The van der Waals surface area contributed by atoms with Gasteiger partial charge in [-0.3, -0.25) is 4.79 Å². The molecule has 0 fully saturated rings. The number of amides is 1. The number of benzene rings is 2. The number of carbonyl (C=O) groups is 1. The first kappa shape index (κ1) is 16.7. The lowest BCUT2D eigenvalue weighted by atomic mass is 10.1. The first-order valence-electron chi connectivity index (χ1n) is 7.34. The number of rotatable bonds is 8. The number of hydrogen-bond acceptors (Lipinski definition) is 4. The molecule has 2 rings (SSSR count). The van der Waals surface area contributed by atoms with E-state index in [9.17, 15) is 9.90 Å². The van der Waals surface area contributed by atoms with Crippen molar-refractivity contribution in [2.24, 2.45) is 0 Å². The highest BCUT2D eigenvalue weighted by Crippen LogP contribution is 2.27. The van der Waals surface area contributed by atoms with E-state index < -0.39 is 0 Å². The van der Waals surface area contributed by atoms with Crippen LogP contribution in [0.3, 0.4) is 0 Å².